The molecule has 4 atom stereocenters. The van der Waals surface area contributed by atoms with Crippen molar-refractivity contribution in [2.75, 3.05) is 13.2 Å². The van der Waals surface area contributed by atoms with E-state index in [1.807, 2.05) is 18.2 Å². The number of hydrogen-bond acceptors (Lipinski definition) is 7. The molecule has 1 aromatic carbocycles. The van der Waals surface area contributed by atoms with Crippen molar-refractivity contribution in [3.63, 3.8) is 0 Å². The van der Waals surface area contributed by atoms with Gasteiger partial charge >= 0.3 is 12.1 Å². The number of carbonyl (C=O) groups excluding carboxylic acids is 4. The maximum absolute atomic E-state index is 12.6. The molecular formula is C26H37N3O7. The van der Waals surface area contributed by atoms with Crippen molar-refractivity contribution in [3.05, 3.63) is 61.2 Å². The molecule has 0 aliphatic rings. The number of hydrogen-bond donors (Lipinski definition) is 4. The Morgan fingerprint density at radius 1 is 0.944 bits per heavy atom. The van der Waals surface area contributed by atoms with Crippen molar-refractivity contribution in [3.8, 4) is 0 Å². The van der Waals surface area contributed by atoms with Crippen LogP contribution in [0.25, 0.3) is 0 Å². The molecule has 0 fully saturated rings. The van der Waals surface area contributed by atoms with Crippen LogP contribution in [0.4, 0.5) is 4.79 Å². The highest BCUT2D eigenvalue weighted by atomic mass is 16.6. The van der Waals surface area contributed by atoms with Gasteiger partial charge in [0.2, 0.25) is 11.8 Å². The fourth-order valence-electron chi connectivity index (χ4n) is 3.09. The smallest absolute Gasteiger partial charge is 0.408 e. The van der Waals surface area contributed by atoms with E-state index in [1.165, 1.54) is 6.08 Å². The number of alkyl carbamates (subject to hydrolysis) is 1. The minimum atomic E-state index is -1.00. The van der Waals surface area contributed by atoms with Crippen molar-refractivity contribution < 1.29 is 33.8 Å². The number of allylic oxidation sites excluding steroid dienone is 1. The molecule has 0 spiro atoms. The van der Waals surface area contributed by atoms with E-state index in [9.17, 15) is 19.2 Å². The summed E-state index contributed by atoms with van der Waals surface area (Å²) in [5.41, 5.74) is 0.801. The zero-order chi connectivity index (χ0) is 26.9. The van der Waals surface area contributed by atoms with E-state index in [2.05, 4.69) is 29.1 Å². The van der Waals surface area contributed by atoms with Crippen LogP contribution < -0.4 is 16.0 Å². The van der Waals surface area contributed by atoms with Gasteiger partial charge in [0.25, 0.3) is 0 Å². The van der Waals surface area contributed by atoms with Gasteiger partial charge in [0, 0.05) is 12.5 Å². The number of aliphatic hydroxyl groups is 1. The summed E-state index contributed by atoms with van der Waals surface area (Å²) in [5, 5.41) is 16.8. The van der Waals surface area contributed by atoms with E-state index in [0.29, 0.717) is 0 Å². The molecule has 0 aromatic heterocycles. The zero-order valence-corrected chi connectivity index (χ0v) is 20.9. The van der Waals surface area contributed by atoms with E-state index in [1.54, 1.807) is 32.1 Å². The van der Waals surface area contributed by atoms with E-state index in [4.69, 9.17) is 14.6 Å². The summed E-state index contributed by atoms with van der Waals surface area (Å²) >= 11 is 0. The van der Waals surface area contributed by atoms with Gasteiger partial charge in [0.05, 0.1) is 18.6 Å². The molecule has 0 saturated heterocycles. The van der Waals surface area contributed by atoms with Crippen LogP contribution in [-0.2, 0) is 30.5 Å². The van der Waals surface area contributed by atoms with Gasteiger partial charge in [-0.1, -0.05) is 42.5 Å². The second-order valence-electron chi connectivity index (χ2n) is 8.40. The van der Waals surface area contributed by atoms with Crippen LogP contribution in [0.15, 0.2) is 55.6 Å². The fourth-order valence-corrected chi connectivity index (χ4v) is 3.09. The molecule has 0 bridgehead atoms. The summed E-state index contributed by atoms with van der Waals surface area (Å²) in [6.45, 7) is 10.2. The Labute approximate surface area is 212 Å². The quantitative estimate of drug-likeness (QED) is 0.200. The van der Waals surface area contributed by atoms with Gasteiger partial charge in [-0.25, -0.2) is 9.59 Å². The average molecular weight is 504 g/mol. The predicted octanol–water partition coefficient (Wildman–Crippen LogP) is 1.98. The first-order valence-corrected chi connectivity index (χ1v) is 11.8. The Bertz CT molecular complexity index is 876. The molecule has 36 heavy (non-hydrogen) atoms. The third kappa shape index (κ3) is 12.2. The van der Waals surface area contributed by atoms with Crippen molar-refractivity contribution in [1.82, 2.24) is 16.0 Å². The number of esters is 1. The standard InChI is InChI=1S/C26H37N3O7/c1-5-10-21(14-23(31)27-18(3)15-30)24(32)28-19(4)16-35-25(33)22(11-6-2)29-26(34)36-17-20-12-8-7-9-13-20/h5-9,12-13,18-19,21-22,30H,1-2,10-11,14-17H2,3-4H3,(H,27,31)(H,28,32)(H,29,34)/t18-,19+,21-,22-/m1/s1. The zero-order valence-electron chi connectivity index (χ0n) is 20.9. The van der Waals surface area contributed by atoms with Crippen LogP contribution in [0.2, 0.25) is 0 Å². The summed E-state index contributed by atoms with van der Waals surface area (Å²) in [7, 11) is 0. The molecule has 0 aliphatic carbocycles. The van der Waals surface area contributed by atoms with Crippen LogP contribution in [0.5, 0.6) is 0 Å². The molecule has 4 N–H and O–H groups in total. The number of rotatable bonds is 16. The molecule has 10 heteroatoms. The van der Waals surface area contributed by atoms with Crippen molar-refractivity contribution in [2.24, 2.45) is 5.92 Å². The van der Waals surface area contributed by atoms with Crippen LogP contribution >= 0.6 is 0 Å². The maximum atomic E-state index is 12.6. The van der Waals surface area contributed by atoms with Gasteiger partial charge in [-0.15, -0.1) is 13.2 Å². The number of benzene rings is 1. The lowest BCUT2D eigenvalue weighted by Crippen LogP contribution is -2.45. The van der Waals surface area contributed by atoms with Gasteiger partial charge in [-0.3, -0.25) is 9.59 Å². The van der Waals surface area contributed by atoms with Gasteiger partial charge in [0.1, 0.15) is 19.3 Å². The number of nitrogens with one attached hydrogen (secondary N) is 3. The second-order valence-corrected chi connectivity index (χ2v) is 8.40. The number of amides is 3. The molecule has 0 heterocycles. The summed E-state index contributed by atoms with van der Waals surface area (Å²) in [4.78, 5) is 49.4. The minimum Gasteiger partial charge on any atom is -0.462 e. The molecule has 0 aliphatic heterocycles. The van der Waals surface area contributed by atoms with Crippen molar-refractivity contribution in [1.29, 1.82) is 0 Å². The Kier molecular flexibility index (Phi) is 14.2. The SMILES string of the molecule is C=CC[C@H](CC(=O)N[C@H](C)CO)C(=O)N[C@@H](C)COC(=O)[C@@H](CC=C)NC(=O)OCc1ccccc1. The number of aliphatic hydroxyl groups excluding tert-OH is 1. The predicted molar refractivity (Wildman–Crippen MR) is 135 cm³/mol. The number of carbonyl (C=O) groups is 4. The third-order valence-corrected chi connectivity index (χ3v) is 4.99. The van der Waals surface area contributed by atoms with Crippen LogP contribution in [0.3, 0.4) is 0 Å². The first kappa shape index (κ1) is 30.4. The first-order valence-electron chi connectivity index (χ1n) is 11.8. The normalized spacial score (nSPS) is 13.8. The van der Waals surface area contributed by atoms with Gasteiger partial charge < -0.3 is 30.5 Å². The lowest BCUT2D eigenvalue weighted by Gasteiger charge is -2.21. The Balaban J connectivity index is 2.54. The van der Waals surface area contributed by atoms with Gasteiger partial charge in [-0.05, 0) is 32.3 Å². The van der Waals surface area contributed by atoms with Crippen molar-refractivity contribution in [2.45, 2.75) is 57.8 Å². The lowest BCUT2D eigenvalue weighted by atomic mass is 9.99. The van der Waals surface area contributed by atoms with Crippen molar-refractivity contribution >= 4 is 23.9 Å². The fraction of sp³-hybridized carbons (Fsp3) is 0.462. The summed E-state index contributed by atoms with van der Waals surface area (Å²) < 4.78 is 10.4. The molecule has 198 valence electrons. The monoisotopic (exact) mass is 503 g/mol. The van der Waals surface area contributed by atoms with E-state index >= 15 is 0 Å². The van der Waals surface area contributed by atoms with E-state index in [-0.39, 0.29) is 45.0 Å². The summed E-state index contributed by atoms with van der Waals surface area (Å²) in [6.07, 6.45) is 2.56. The average Bonchev–Trinajstić information content (AvgIpc) is 2.85. The minimum absolute atomic E-state index is 0.0500. The second kappa shape index (κ2) is 16.9. The van der Waals surface area contributed by atoms with Crippen LogP contribution in [0.1, 0.15) is 38.7 Å². The summed E-state index contributed by atoms with van der Waals surface area (Å²) in [6, 6.07) is 7.12. The summed E-state index contributed by atoms with van der Waals surface area (Å²) in [5.74, 6) is -2.13. The molecule has 3 amide bonds. The third-order valence-electron chi connectivity index (χ3n) is 4.99. The van der Waals surface area contributed by atoms with Gasteiger partial charge in [0.15, 0.2) is 0 Å². The Morgan fingerprint density at radius 2 is 1.61 bits per heavy atom. The van der Waals surface area contributed by atoms with Crippen LogP contribution in [-0.4, -0.2) is 60.3 Å². The topological polar surface area (TPSA) is 143 Å². The Hall–Kier alpha value is -3.66. The number of ether oxygens (including phenoxy) is 2. The highest BCUT2D eigenvalue weighted by molar-refractivity contribution is 5.86. The van der Waals surface area contributed by atoms with E-state index < -0.39 is 42.0 Å². The first-order chi connectivity index (χ1) is 17.2. The lowest BCUT2D eigenvalue weighted by molar-refractivity contribution is -0.147. The molecule has 1 rings (SSSR count). The Morgan fingerprint density at radius 3 is 2.22 bits per heavy atom. The van der Waals surface area contributed by atoms with Crippen LogP contribution in [0, 0.1) is 5.92 Å². The molecular weight excluding hydrogens is 466 g/mol. The molecule has 0 radical (unpaired) electrons. The maximum Gasteiger partial charge on any atom is 0.408 e. The highest BCUT2D eigenvalue weighted by Gasteiger charge is 2.25. The molecule has 0 saturated carbocycles. The molecule has 0 unspecified atom stereocenters. The molecule has 10 nitrogen and oxygen atoms in total. The molecule has 1 aromatic rings. The highest BCUT2D eigenvalue weighted by Crippen LogP contribution is 2.11. The van der Waals surface area contributed by atoms with E-state index in [0.717, 1.165) is 5.56 Å². The largest absolute Gasteiger partial charge is 0.462 e. The van der Waals surface area contributed by atoms with Gasteiger partial charge in [-0.2, -0.15) is 0 Å².